The lowest BCUT2D eigenvalue weighted by molar-refractivity contribution is 0.415. The molecule has 6 heteroatoms. The highest BCUT2D eigenvalue weighted by Gasteiger charge is 2.14. The standard InChI is InChI=1S/C11H11BrClN3O/c1-5-3-8(17-2)7(13)4-6(5)9-10(12)16-11(14)15-9/h3-4H,1-2H3,(H3,14,15,16). The van der Waals surface area contributed by atoms with Crippen LogP contribution in [0, 0.1) is 6.92 Å². The van der Waals surface area contributed by atoms with Crippen LogP contribution in [0.5, 0.6) is 5.75 Å². The van der Waals surface area contributed by atoms with Crippen LogP contribution in [0.4, 0.5) is 5.95 Å². The number of benzene rings is 1. The summed E-state index contributed by atoms with van der Waals surface area (Å²) in [6, 6.07) is 3.69. The van der Waals surface area contributed by atoms with Crippen molar-refractivity contribution in [2.45, 2.75) is 6.92 Å². The molecule has 17 heavy (non-hydrogen) atoms. The number of nitrogen functional groups attached to an aromatic ring is 1. The molecular formula is C11H11BrClN3O. The van der Waals surface area contributed by atoms with Gasteiger partial charge in [-0.1, -0.05) is 11.6 Å². The van der Waals surface area contributed by atoms with Gasteiger partial charge in [-0.05, 0) is 40.5 Å². The van der Waals surface area contributed by atoms with Crippen molar-refractivity contribution in [2.75, 3.05) is 12.8 Å². The zero-order chi connectivity index (χ0) is 12.6. The maximum absolute atomic E-state index is 6.10. The number of anilines is 1. The second-order valence-electron chi connectivity index (χ2n) is 3.59. The minimum absolute atomic E-state index is 0.359. The summed E-state index contributed by atoms with van der Waals surface area (Å²) >= 11 is 9.48. The second-order valence-corrected chi connectivity index (χ2v) is 4.79. The lowest BCUT2D eigenvalue weighted by atomic mass is 10.1. The van der Waals surface area contributed by atoms with Crippen LogP contribution in [0.2, 0.25) is 5.02 Å². The van der Waals surface area contributed by atoms with Crippen LogP contribution in [0.15, 0.2) is 16.7 Å². The number of halogens is 2. The van der Waals surface area contributed by atoms with Crippen molar-refractivity contribution < 1.29 is 4.74 Å². The molecule has 0 aliphatic carbocycles. The van der Waals surface area contributed by atoms with Crippen molar-refractivity contribution in [3.63, 3.8) is 0 Å². The van der Waals surface area contributed by atoms with E-state index >= 15 is 0 Å². The molecule has 90 valence electrons. The van der Waals surface area contributed by atoms with Gasteiger partial charge in [-0.15, -0.1) is 0 Å². The molecule has 0 atom stereocenters. The third-order valence-electron chi connectivity index (χ3n) is 2.43. The number of rotatable bonds is 2. The molecule has 0 bridgehead atoms. The van der Waals surface area contributed by atoms with Gasteiger partial charge >= 0.3 is 0 Å². The first-order chi connectivity index (χ1) is 8.02. The van der Waals surface area contributed by atoms with E-state index in [9.17, 15) is 0 Å². The molecule has 0 radical (unpaired) electrons. The average molecular weight is 317 g/mol. The summed E-state index contributed by atoms with van der Waals surface area (Å²) in [4.78, 5) is 7.10. The third kappa shape index (κ3) is 2.25. The molecule has 0 aliphatic heterocycles. The molecule has 3 N–H and O–H groups in total. The van der Waals surface area contributed by atoms with Crippen LogP contribution >= 0.6 is 27.5 Å². The second kappa shape index (κ2) is 4.58. The average Bonchev–Trinajstić information content (AvgIpc) is 2.60. The minimum atomic E-state index is 0.359. The number of hydrogen-bond donors (Lipinski definition) is 2. The predicted octanol–water partition coefficient (Wildman–Crippen LogP) is 3.39. The van der Waals surface area contributed by atoms with E-state index in [1.807, 2.05) is 19.1 Å². The van der Waals surface area contributed by atoms with E-state index in [-0.39, 0.29) is 0 Å². The summed E-state index contributed by atoms with van der Waals surface area (Å²) in [5, 5.41) is 0.543. The Labute approximate surface area is 112 Å². The first-order valence-electron chi connectivity index (χ1n) is 4.88. The van der Waals surface area contributed by atoms with Gasteiger partial charge in [0.05, 0.1) is 12.1 Å². The lowest BCUT2D eigenvalue weighted by Crippen LogP contribution is -1.90. The molecule has 1 aromatic carbocycles. The summed E-state index contributed by atoms with van der Waals surface area (Å²) in [5.74, 6) is 1.01. The van der Waals surface area contributed by atoms with Crippen molar-refractivity contribution >= 4 is 33.5 Å². The SMILES string of the molecule is COc1cc(C)c(-c2nc(N)[nH]c2Br)cc1Cl. The summed E-state index contributed by atoms with van der Waals surface area (Å²) in [6.07, 6.45) is 0. The largest absolute Gasteiger partial charge is 0.495 e. The Bertz CT molecular complexity index is 568. The maximum Gasteiger partial charge on any atom is 0.198 e. The van der Waals surface area contributed by atoms with Crippen LogP contribution in [0.3, 0.4) is 0 Å². The monoisotopic (exact) mass is 315 g/mol. The van der Waals surface area contributed by atoms with Gasteiger partial charge in [0.25, 0.3) is 0 Å². The van der Waals surface area contributed by atoms with Gasteiger partial charge < -0.3 is 15.5 Å². The van der Waals surface area contributed by atoms with Crippen molar-refractivity contribution in [2.24, 2.45) is 0 Å². The number of aromatic amines is 1. The number of methoxy groups -OCH3 is 1. The number of H-pyrrole nitrogens is 1. The van der Waals surface area contributed by atoms with E-state index in [1.54, 1.807) is 7.11 Å². The Hall–Kier alpha value is -1.20. The van der Waals surface area contributed by atoms with Gasteiger partial charge in [-0.2, -0.15) is 0 Å². The molecule has 0 saturated heterocycles. The zero-order valence-electron chi connectivity index (χ0n) is 9.34. The summed E-state index contributed by atoms with van der Waals surface area (Å²) in [7, 11) is 1.59. The number of aryl methyl sites for hydroxylation is 1. The molecular weight excluding hydrogens is 305 g/mol. The smallest absolute Gasteiger partial charge is 0.198 e. The molecule has 0 unspecified atom stereocenters. The molecule has 0 saturated carbocycles. The van der Waals surface area contributed by atoms with Gasteiger partial charge in [0.2, 0.25) is 0 Å². The van der Waals surface area contributed by atoms with Crippen molar-refractivity contribution in [1.82, 2.24) is 9.97 Å². The van der Waals surface area contributed by atoms with Crippen LogP contribution < -0.4 is 10.5 Å². The maximum atomic E-state index is 6.10. The number of nitrogens with one attached hydrogen (secondary N) is 1. The first-order valence-corrected chi connectivity index (χ1v) is 6.05. The van der Waals surface area contributed by atoms with Gasteiger partial charge in [-0.3, -0.25) is 0 Å². The van der Waals surface area contributed by atoms with Gasteiger partial charge in [-0.25, -0.2) is 4.98 Å². The number of ether oxygens (including phenoxy) is 1. The molecule has 0 aliphatic rings. The number of aromatic nitrogens is 2. The van der Waals surface area contributed by atoms with E-state index in [4.69, 9.17) is 22.1 Å². The fourth-order valence-corrected chi connectivity index (χ4v) is 2.36. The summed E-state index contributed by atoms with van der Waals surface area (Å²) in [5.41, 5.74) is 8.27. The normalized spacial score (nSPS) is 10.6. The molecule has 2 rings (SSSR count). The van der Waals surface area contributed by atoms with E-state index in [1.165, 1.54) is 0 Å². The minimum Gasteiger partial charge on any atom is -0.495 e. The van der Waals surface area contributed by atoms with Crippen molar-refractivity contribution in [3.05, 3.63) is 27.3 Å². The van der Waals surface area contributed by atoms with Crippen LogP contribution in [0.1, 0.15) is 5.56 Å². The Morgan fingerprint density at radius 1 is 1.47 bits per heavy atom. The van der Waals surface area contributed by atoms with E-state index in [0.717, 1.165) is 21.4 Å². The fourth-order valence-electron chi connectivity index (χ4n) is 1.61. The topological polar surface area (TPSA) is 63.9 Å². The van der Waals surface area contributed by atoms with Gasteiger partial charge in [0.15, 0.2) is 5.95 Å². The van der Waals surface area contributed by atoms with Crippen LogP contribution in [-0.2, 0) is 0 Å². The molecule has 0 fully saturated rings. The molecule has 0 amide bonds. The highest BCUT2D eigenvalue weighted by molar-refractivity contribution is 9.10. The summed E-state index contributed by atoms with van der Waals surface area (Å²) in [6.45, 7) is 1.96. The van der Waals surface area contributed by atoms with E-state index < -0.39 is 0 Å². The molecule has 2 aromatic rings. The number of hydrogen-bond acceptors (Lipinski definition) is 3. The zero-order valence-corrected chi connectivity index (χ0v) is 11.7. The Kier molecular flexibility index (Phi) is 3.31. The Morgan fingerprint density at radius 2 is 2.18 bits per heavy atom. The highest BCUT2D eigenvalue weighted by Crippen LogP contribution is 2.35. The fraction of sp³-hybridized carbons (Fsp3) is 0.182. The molecule has 0 spiro atoms. The first kappa shape index (κ1) is 12.3. The molecule has 1 aromatic heterocycles. The Morgan fingerprint density at radius 3 is 2.71 bits per heavy atom. The van der Waals surface area contributed by atoms with Crippen molar-refractivity contribution in [1.29, 1.82) is 0 Å². The van der Waals surface area contributed by atoms with Crippen LogP contribution in [-0.4, -0.2) is 17.1 Å². The lowest BCUT2D eigenvalue weighted by Gasteiger charge is -2.08. The van der Waals surface area contributed by atoms with Crippen molar-refractivity contribution in [3.8, 4) is 17.0 Å². The van der Waals surface area contributed by atoms with Gasteiger partial charge in [0, 0.05) is 5.56 Å². The number of imidazole rings is 1. The quantitative estimate of drug-likeness (QED) is 0.892. The van der Waals surface area contributed by atoms with E-state index in [2.05, 4.69) is 25.9 Å². The highest BCUT2D eigenvalue weighted by atomic mass is 79.9. The third-order valence-corrected chi connectivity index (χ3v) is 3.30. The van der Waals surface area contributed by atoms with E-state index in [0.29, 0.717) is 16.7 Å². The molecule has 1 heterocycles. The van der Waals surface area contributed by atoms with Gasteiger partial charge in [0.1, 0.15) is 16.0 Å². The van der Waals surface area contributed by atoms with Crippen LogP contribution in [0.25, 0.3) is 11.3 Å². The summed E-state index contributed by atoms with van der Waals surface area (Å²) < 4.78 is 5.89. The predicted molar refractivity (Wildman–Crippen MR) is 72.4 cm³/mol. The molecule has 4 nitrogen and oxygen atoms in total. The number of nitrogens with two attached hydrogens (primary N) is 1. The Balaban J connectivity index is 2.60. The number of nitrogens with zero attached hydrogens (tertiary/aromatic N) is 1.